The highest BCUT2D eigenvalue weighted by Gasteiger charge is 2.12. The van der Waals surface area contributed by atoms with Gasteiger partial charge in [0, 0.05) is 0 Å². The number of rotatable bonds is 1. The van der Waals surface area contributed by atoms with Gasteiger partial charge in [0.2, 0.25) is 0 Å². The fraction of sp³-hybridized carbons (Fsp3) is 0.250. The third kappa shape index (κ3) is 2.31. The molecule has 0 spiro atoms. The molecule has 0 aliphatic carbocycles. The summed E-state index contributed by atoms with van der Waals surface area (Å²) >= 11 is 7.78. The molecular formula is C8H7ClINO2. The fourth-order valence-corrected chi connectivity index (χ4v) is 1.48. The van der Waals surface area contributed by atoms with Gasteiger partial charge in [0.05, 0.1) is 21.9 Å². The number of esters is 1. The minimum atomic E-state index is -0.389. The molecule has 1 aromatic heterocycles. The van der Waals surface area contributed by atoms with Crippen LogP contribution in [0.3, 0.4) is 0 Å². The van der Waals surface area contributed by atoms with Crippen molar-refractivity contribution in [2.45, 2.75) is 6.92 Å². The summed E-state index contributed by atoms with van der Waals surface area (Å²) in [5, 5.41) is 0.408. The Kier molecular flexibility index (Phi) is 3.49. The summed E-state index contributed by atoms with van der Waals surface area (Å²) in [6.07, 6.45) is 0. The highest BCUT2D eigenvalue weighted by atomic mass is 127. The largest absolute Gasteiger partial charge is 0.465 e. The molecule has 0 aliphatic rings. The highest BCUT2D eigenvalue weighted by Crippen LogP contribution is 2.19. The van der Waals surface area contributed by atoms with E-state index in [4.69, 9.17) is 11.6 Å². The molecule has 0 saturated carbocycles. The van der Waals surface area contributed by atoms with E-state index in [-0.39, 0.29) is 5.97 Å². The Balaban J connectivity index is 3.23. The molecule has 1 rings (SSSR count). The van der Waals surface area contributed by atoms with Crippen molar-refractivity contribution < 1.29 is 9.53 Å². The second-order valence-corrected chi connectivity index (χ2v) is 3.91. The minimum Gasteiger partial charge on any atom is -0.465 e. The van der Waals surface area contributed by atoms with E-state index in [0.717, 1.165) is 3.57 Å². The van der Waals surface area contributed by atoms with Crippen molar-refractivity contribution in [2.24, 2.45) is 0 Å². The Morgan fingerprint density at radius 2 is 2.31 bits per heavy atom. The van der Waals surface area contributed by atoms with E-state index in [1.165, 1.54) is 7.11 Å². The fourth-order valence-electron chi connectivity index (χ4n) is 0.868. The molecule has 0 atom stereocenters. The third-order valence-corrected chi connectivity index (χ3v) is 2.96. The maximum absolute atomic E-state index is 11.2. The van der Waals surface area contributed by atoms with Gasteiger partial charge in [0.15, 0.2) is 0 Å². The van der Waals surface area contributed by atoms with Crippen LogP contribution in [0.1, 0.15) is 16.1 Å². The smallest absolute Gasteiger partial charge is 0.339 e. The van der Waals surface area contributed by atoms with Gasteiger partial charge in [0.1, 0.15) is 5.15 Å². The highest BCUT2D eigenvalue weighted by molar-refractivity contribution is 14.1. The molecule has 0 bridgehead atoms. The molecule has 1 aromatic rings. The van der Waals surface area contributed by atoms with Gasteiger partial charge in [-0.05, 0) is 35.6 Å². The van der Waals surface area contributed by atoms with Crippen molar-refractivity contribution in [3.8, 4) is 0 Å². The quantitative estimate of drug-likeness (QED) is 0.454. The van der Waals surface area contributed by atoms with E-state index in [1.807, 2.05) is 22.6 Å². The Bertz CT molecular complexity index is 354. The first kappa shape index (κ1) is 10.7. The lowest BCUT2D eigenvalue weighted by molar-refractivity contribution is 0.0599. The molecule has 0 fully saturated rings. The van der Waals surface area contributed by atoms with E-state index in [0.29, 0.717) is 16.4 Å². The average molecular weight is 312 g/mol. The number of nitrogens with zero attached hydrogens (tertiary/aromatic N) is 1. The SMILES string of the molecule is COC(=O)c1cc(I)c(Cl)nc1C. The molecule has 0 radical (unpaired) electrons. The average Bonchev–Trinajstić information content (AvgIpc) is 2.10. The lowest BCUT2D eigenvalue weighted by atomic mass is 10.2. The number of carbonyl (C=O) groups excluding carboxylic acids is 1. The van der Waals surface area contributed by atoms with E-state index >= 15 is 0 Å². The Hall–Kier alpha value is -0.360. The minimum absolute atomic E-state index is 0.389. The third-order valence-electron chi connectivity index (χ3n) is 1.53. The molecular weight excluding hydrogens is 304 g/mol. The predicted octanol–water partition coefficient (Wildman–Crippen LogP) is 2.43. The first-order chi connectivity index (χ1) is 6.06. The number of ether oxygens (including phenoxy) is 1. The van der Waals surface area contributed by atoms with Gasteiger partial charge in [-0.25, -0.2) is 9.78 Å². The number of hydrogen-bond donors (Lipinski definition) is 0. The Labute approximate surface area is 94.6 Å². The summed E-state index contributed by atoms with van der Waals surface area (Å²) in [6.45, 7) is 1.72. The van der Waals surface area contributed by atoms with E-state index in [1.54, 1.807) is 13.0 Å². The van der Waals surface area contributed by atoms with E-state index in [9.17, 15) is 4.79 Å². The molecule has 13 heavy (non-hydrogen) atoms. The van der Waals surface area contributed by atoms with Crippen LogP contribution in [0.25, 0.3) is 0 Å². The molecule has 0 aliphatic heterocycles. The van der Waals surface area contributed by atoms with Crippen LogP contribution in [0.5, 0.6) is 0 Å². The van der Waals surface area contributed by atoms with Gasteiger partial charge in [-0.15, -0.1) is 0 Å². The number of halogens is 2. The lowest BCUT2D eigenvalue weighted by Gasteiger charge is -2.04. The Morgan fingerprint density at radius 3 is 2.85 bits per heavy atom. The van der Waals surface area contributed by atoms with E-state index in [2.05, 4.69) is 9.72 Å². The summed E-state index contributed by atoms with van der Waals surface area (Å²) in [4.78, 5) is 15.2. The maximum Gasteiger partial charge on any atom is 0.339 e. The standard InChI is InChI=1S/C8H7ClINO2/c1-4-5(8(12)13-2)3-6(10)7(9)11-4/h3H,1-2H3. The summed E-state index contributed by atoms with van der Waals surface area (Å²) in [7, 11) is 1.34. The van der Waals surface area contributed by atoms with Crippen LogP contribution in [0, 0.1) is 10.5 Å². The van der Waals surface area contributed by atoms with Gasteiger partial charge in [-0.3, -0.25) is 0 Å². The topological polar surface area (TPSA) is 39.2 Å². The predicted molar refractivity (Wildman–Crippen MR) is 58.0 cm³/mol. The molecule has 5 heteroatoms. The molecule has 0 saturated heterocycles. The van der Waals surface area contributed by atoms with Gasteiger partial charge in [-0.1, -0.05) is 11.6 Å². The number of aromatic nitrogens is 1. The monoisotopic (exact) mass is 311 g/mol. The van der Waals surface area contributed by atoms with Gasteiger partial charge in [-0.2, -0.15) is 0 Å². The maximum atomic E-state index is 11.2. The van der Waals surface area contributed by atoms with Crippen molar-refractivity contribution in [3.63, 3.8) is 0 Å². The zero-order chi connectivity index (χ0) is 10.0. The molecule has 1 heterocycles. The summed E-state index contributed by atoms with van der Waals surface area (Å²) in [5.74, 6) is -0.389. The lowest BCUT2D eigenvalue weighted by Crippen LogP contribution is -2.06. The van der Waals surface area contributed by atoms with Crippen LogP contribution in [-0.4, -0.2) is 18.1 Å². The van der Waals surface area contributed by atoms with Crippen molar-refractivity contribution in [2.75, 3.05) is 7.11 Å². The van der Waals surface area contributed by atoms with Crippen molar-refractivity contribution in [1.82, 2.24) is 4.98 Å². The van der Waals surface area contributed by atoms with Crippen LogP contribution in [0.4, 0.5) is 0 Å². The Morgan fingerprint density at radius 1 is 1.69 bits per heavy atom. The first-order valence-electron chi connectivity index (χ1n) is 3.47. The van der Waals surface area contributed by atoms with E-state index < -0.39 is 0 Å². The van der Waals surface area contributed by atoms with Crippen molar-refractivity contribution in [3.05, 3.63) is 26.0 Å². The van der Waals surface area contributed by atoms with Crippen LogP contribution in [0.2, 0.25) is 5.15 Å². The van der Waals surface area contributed by atoms with Crippen LogP contribution < -0.4 is 0 Å². The number of methoxy groups -OCH3 is 1. The van der Waals surface area contributed by atoms with Crippen LogP contribution in [0.15, 0.2) is 6.07 Å². The molecule has 0 N–H and O–H groups in total. The normalized spacial score (nSPS) is 9.85. The summed E-state index contributed by atoms with van der Waals surface area (Å²) in [5.41, 5.74) is 1.04. The van der Waals surface area contributed by atoms with Crippen molar-refractivity contribution >= 4 is 40.2 Å². The van der Waals surface area contributed by atoms with Crippen LogP contribution in [-0.2, 0) is 4.74 Å². The first-order valence-corrected chi connectivity index (χ1v) is 4.93. The van der Waals surface area contributed by atoms with Gasteiger partial charge < -0.3 is 4.74 Å². The molecule has 0 unspecified atom stereocenters. The van der Waals surface area contributed by atoms with Gasteiger partial charge in [0.25, 0.3) is 0 Å². The molecule has 3 nitrogen and oxygen atoms in total. The summed E-state index contributed by atoms with van der Waals surface area (Å²) < 4.78 is 5.33. The van der Waals surface area contributed by atoms with Crippen molar-refractivity contribution in [1.29, 1.82) is 0 Å². The number of hydrogen-bond acceptors (Lipinski definition) is 3. The molecule has 0 amide bonds. The molecule has 0 aromatic carbocycles. The van der Waals surface area contributed by atoms with Crippen LogP contribution >= 0.6 is 34.2 Å². The number of pyridine rings is 1. The zero-order valence-corrected chi connectivity index (χ0v) is 10.0. The number of carbonyl (C=O) groups is 1. The molecule has 70 valence electrons. The second kappa shape index (κ2) is 4.23. The van der Waals surface area contributed by atoms with Gasteiger partial charge >= 0.3 is 5.97 Å². The second-order valence-electron chi connectivity index (χ2n) is 2.39. The number of aryl methyl sites for hydroxylation is 1. The summed E-state index contributed by atoms with van der Waals surface area (Å²) in [6, 6.07) is 1.66. The zero-order valence-electron chi connectivity index (χ0n) is 7.10.